The third-order valence-electron chi connectivity index (χ3n) is 5.44. The Labute approximate surface area is 169 Å². The number of fused-ring (bicyclic) bond motifs is 3. The van der Waals surface area contributed by atoms with E-state index >= 15 is 0 Å². The minimum absolute atomic E-state index is 0.618. The van der Waals surface area contributed by atoms with Crippen LogP contribution in [-0.2, 0) is 12.7 Å². The van der Waals surface area contributed by atoms with Gasteiger partial charge in [0.1, 0.15) is 5.65 Å². The number of aryl methyl sites for hydroxylation is 1. The van der Waals surface area contributed by atoms with E-state index in [1.165, 1.54) is 33.2 Å². The fraction of sp³-hybridized carbons (Fsp3) is 0.292. The molecule has 1 aromatic carbocycles. The van der Waals surface area contributed by atoms with Crippen molar-refractivity contribution in [2.45, 2.75) is 46.4 Å². The molecular weight excluding hydrogens is 341 g/mol. The number of hydrogen-bond donors (Lipinski definition) is 2. The Balaban J connectivity index is 0.000000161. The van der Waals surface area contributed by atoms with Crippen LogP contribution in [0.5, 0.6) is 0 Å². The maximum Gasteiger partial charge on any atom is 0.198 e. The second-order valence-electron chi connectivity index (χ2n) is 7.30. The fourth-order valence-corrected chi connectivity index (χ4v) is 4.01. The molecule has 3 aromatic rings. The van der Waals surface area contributed by atoms with Crippen molar-refractivity contribution in [3.63, 3.8) is 0 Å². The summed E-state index contributed by atoms with van der Waals surface area (Å²) in [6.07, 6.45) is 8.18. The third kappa shape index (κ3) is 4.06. The molecule has 2 N–H and O–H groups in total. The second kappa shape index (κ2) is 8.96. The summed E-state index contributed by atoms with van der Waals surface area (Å²) in [6, 6.07) is 10.6. The average molecular weight is 371 g/mol. The van der Waals surface area contributed by atoms with E-state index in [9.17, 15) is 0 Å². The number of aromatic nitrogens is 2. The van der Waals surface area contributed by atoms with Crippen LogP contribution in [-0.4, -0.2) is 22.6 Å². The molecule has 1 unspecified atom stereocenters. The number of aromatic amines is 1. The normalized spacial score (nSPS) is 16.1. The molecule has 144 valence electrons. The molecule has 2 aliphatic rings. The monoisotopic (exact) mass is 371 g/mol. The van der Waals surface area contributed by atoms with Gasteiger partial charge in [0.25, 0.3) is 0 Å². The zero-order valence-electron chi connectivity index (χ0n) is 17.4. The predicted octanol–water partition coefficient (Wildman–Crippen LogP) is 5.31. The molecule has 2 aliphatic heterocycles. The Kier molecular flexibility index (Phi) is 6.40. The topological polar surface area (TPSA) is 40.7 Å². The number of hydrogen-bond acceptors (Lipinski definition) is 2. The van der Waals surface area contributed by atoms with Gasteiger partial charge in [-0.1, -0.05) is 50.2 Å². The molecule has 1 atom stereocenters. The Morgan fingerprint density at radius 1 is 1.21 bits per heavy atom. The van der Waals surface area contributed by atoms with Crippen LogP contribution in [0.3, 0.4) is 0 Å². The van der Waals surface area contributed by atoms with Gasteiger partial charge in [0, 0.05) is 23.7 Å². The maximum atomic E-state index is 4.15. The summed E-state index contributed by atoms with van der Waals surface area (Å²) >= 11 is 0. The number of allylic oxidation sites excluding steroid dienone is 1. The van der Waals surface area contributed by atoms with Crippen LogP contribution in [0.4, 0.5) is 0 Å². The van der Waals surface area contributed by atoms with Gasteiger partial charge in [0.15, 0.2) is 6.71 Å². The van der Waals surface area contributed by atoms with Crippen LogP contribution >= 0.6 is 0 Å². The van der Waals surface area contributed by atoms with Crippen LogP contribution < -0.4 is 5.32 Å². The lowest BCUT2D eigenvalue weighted by Gasteiger charge is -2.27. The lowest BCUT2D eigenvalue weighted by Crippen LogP contribution is -2.42. The zero-order chi connectivity index (χ0) is 20.1. The molecule has 3 nitrogen and oxygen atoms in total. The average Bonchev–Trinajstić information content (AvgIpc) is 3.34. The molecule has 0 amide bonds. The van der Waals surface area contributed by atoms with Gasteiger partial charge in [-0.2, -0.15) is 0 Å². The number of rotatable bonds is 1. The first-order valence-electron chi connectivity index (χ1n) is 10.2. The number of benzene rings is 1. The van der Waals surface area contributed by atoms with Crippen LogP contribution in [0, 0.1) is 6.92 Å². The van der Waals surface area contributed by atoms with Crippen LogP contribution in [0.1, 0.15) is 43.0 Å². The van der Waals surface area contributed by atoms with Gasteiger partial charge < -0.3 is 10.3 Å². The zero-order valence-corrected chi connectivity index (χ0v) is 17.4. The molecule has 0 fully saturated rings. The molecule has 0 saturated heterocycles. The summed E-state index contributed by atoms with van der Waals surface area (Å²) < 4.78 is 0. The molecule has 5 rings (SSSR count). The minimum atomic E-state index is 0.618. The number of H-pyrrole nitrogens is 1. The molecule has 0 spiro atoms. The van der Waals surface area contributed by atoms with Crippen molar-refractivity contribution in [3.05, 3.63) is 83.7 Å². The number of nitrogens with one attached hydrogen (secondary N) is 2. The fourth-order valence-electron chi connectivity index (χ4n) is 4.01. The van der Waals surface area contributed by atoms with Crippen molar-refractivity contribution < 1.29 is 0 Å². The quantitative estimate of drug-likeness (QED) is 0.569. The van der Waals surface area contributed by atoms with Crippen LogP contribution in [0.25, 0.3) is 16.6 Å². The second-order valence-corrected chi connectivity index (χ2v) is 7.30. The highest BCUT2D eigenvalue weighted by Gasteiger charge is 2.32. The van der Waals surface area contributed by atoms with Crippen molar-refractivity contribution >= 4 is 23.3 Å². The van der Waals surface area contributed by atoms with Crippen molar-refractivity contribution in [1.82, 2.24) is 15.3 Å². The summed E-state index contributed by atoms with van der Waals surface area (Å²) in [5, 5.41) is 4.66. The smallest absolute Gasteiger partial charge is 0.198 e. The van der Waals surface area contributed by atoms with E-state index in [1.54, 1.807) is 6.20 Å². The van der Waals surface area contributed by atoms with Crippen molar-refractivity contribution in [2.75, 3.05) is 0 Å². The first-order chi connectivity index (χ1) is 13.6. The molecular formula is C24H30BN3. The van der Waals surface area contributed by atoms with Crippen LogP contribution in [0.15, 0.2) is 61.5 Å². The van der Waals surface area contributed by atoms with Crippen molar-refractivity contribution in [2.24, 2.45) is 0 Å². The Morgan fingerprint density at radius 2 is 2.04 bits per heavy atom. The molecule has 0 bridgehead atoms. The van der Waals surface area contributed by atoms with Gasteiger partial charge in [-0.3, -0.25) is 0 Å². The Bertz CT molecular complexity index is 986. The summed E-state index contributed by atoms with van der Waals surface area (Å²) in [6.45, 7) is 12.9. The molecule has 0 aliphatic carbocycles. The predicted molar refractivity (Wildman–Crippen MR) is 123 cm³/mol. The van der Waals surface area contributed by atoms with Gasteiger partial charge in [0.05, 0.1) is 0 Å². The Morgan fingerprint density at radius 3 is 2.79 bits per heavy atom. The van der Waals surface area contributed by atoms with E-state index in [0.717, 1.165) is 18.4 Å². The van der Waals surface area contributed by atoms with E-state index in [0.29, 0.717) is 12.7 Å². The summed E-state index contributed by atoms with van der Waals surface area (Å²) in [5.74, 6) is 2.93. The van der Waals surface area contributed by atoms with Gasteiger partial charge in [-0.05, 0) is 67.2 Å². The summed E-state index contributed by atoms with van der Waals surface area (Å²) in [7, 11) is 0. The summed E-state index contributed by atoms with van der Waals surface area (Å²) in [4.78, 5) is 7.22. The molecule has 2 aromatic heterocycles. The SMILES string of the molecule is C=C(C)c1cccc2c1CB1C=CNC1C2.CC.Cc1c[nH]c2ncccc12. The van der Waals surface area contributed by atoms with Gasteiger partial charge in [-0.15, -0.1) is 0 Å². The van der Waals surface area contributed by atoms with Gasteiger partial charge >= 0.3 is 0 Å². The van der Waals surface area contributed by atoms with Crippen LogP contribution in [0.2, 0.25) is 0 Å². The van der Waals surface area contributed by atoms with Gasteiger partial charge in [0.2, 0.25) is 0 Å². The number of nitrogens with zero attached hydrogens (tertiary/aromatic N) is 1. The summed E-state index contributed by atoms with van der Waals surface area (Å²) in [5.41, 5.74) is 7.78. The van der Waals surface area contributed by atoms with E-state index in [-0.39, 0.29) is 0 Å². The molecule has 28 heavy (non-hydrogen) atoms. The standard InChI is InChI=1S/C14H16BN.C8H8N2.C2H6/c1-10(2)12-5-3-4-11-8-14-15(6-7-16-14)9-13(11)12;1-6-5-10-8-7(6)3-2-4-9-8;1-2/h3-7,14,16H,1,8-9H2,2H3;2-5H,1H3,(H,9,10);1-2H3. The molecule has 4 heterocycles. The van der Waals surface area contributed by atoms with Crippen molar-refractivity contribution in [3.8, 4) is 0 Å². The highest BCUT2D eigenvalue weighted by molar-refractivity contribution is 6.66. The van der Waals surface area contributed by atoms with E-state index < -0.39 is 0 Å². The molecule has 0 radical (unpaired) electrons. The molecule has 4 heteroatoms. The highest BCUT2D eigenvalue weighted by atomic mass is 14.9. The largest absolute Gasteiger partial charge is 0.396 e. The van der Waals surface area contributed by atoms with Crippen molar-refractivity contribution in [1.29, 1.82) is 0 Å². The highest BCUT2D eigenvalue weighted by Crippen LogP contribution is 2.29. The third-order valence-corrected chi connectivity index (χ3v) is 5.44. The lowest BCUT2D eigenvalue weighted by atomic mass is 9.39. The van der Waals surface area contributed by atoms with Gasteiger partial charge in [-0.25, -0.2) is 4.98 Å². The van der Waals surface area contributed by atoms with E-state index in [2.05, 4.69) is 72.2 Å². The Hall–Kier alpha value is -2.75. The minimum Gasteiger partial charge on any atom is -0.396 e. The first-order valence-corrected chi connectivity index (χ1v) is 10.2. The first kappa shape index (κ1) is 20.0. The lowest BCUT2D eigenvalue weighted by molar-refractivity contribution is 0.738. The number of pyridine rings is 1. The van der Waals surface area contributed by atoms with E-state index in [4.69, 9.17) is 0 Å². The van der Waals surface area contributed by atoms with E-state index in [1.807, 2.05) is 26.1 Å². The maximum absolute atomic E-state index is 4.15. The molecule has 0 saturated carbocycles.